The number of amides is 5. The van der Waals surface area contributed by atoms with E-state index >= 15 is 0 Å². The van der Waals surface area contributed by atoms with E-state index in [9.17, 15) is 24.0 Å². The van der Waals surface area contributed by atoms with Crippen LogP contribution in [0.1, 0.15) is 43.1 Å². The summed E-state index contributed by atoms with van der Waals surface area (Å²) in [4.78, 5) is 72.7. The zero-order chi connectivity index (χ0) is 29.2. The predicted molar refractivity (Wildman–Crippen MR) is 149 cm³/mol. The molecule has 0 spiro atoms. The fourth-order valence-electron chi connectivity index (χ4n) is 4.47. The lowest BCUT2D eigenvalue weighted by Crippen LogP contribution is -2.57. The van der Waals surface area contributed by atoms with Gasteiger partial charge in [0.2, 0.25) is 23.6 Å². The Morgan fingerprint density at radius 3 is 2.40 bits per heavy atom. The number of aromatic nitrogens is 1. The summed E-state index contributed by atoms with van der Waals surface area (Å²) >= 11 is 0. The van der Waals surface area contributed by atoms with Crippen LogP contribution in [0, 0.1) is 5.92 Å². The second-order valence-corrected chi connectivity index (χ2v) is 10.3. The Labute approximate surface area is 234 Å². The quantitative estimate of drug-likeness (QED) is 0.513. The second-order valence-electron chi connectivity index (χ2n) is 10.3. The van der Waals surface area contributed by atoms with Crippen LogP contribution < -0.4 is 16.0 Å². The molecular weight excluding hydrogens is 512 g/mol. The number of hydrogen-bond donors (Lipinski definition) is 3. The first-order chi connectivity index (χ1) is 19.1. The number of benzene rings is 1. The summed E-state index contributed by atoms with van der Waals surface area (Å²) in [5.41, 5.74) is 1.19. The van der Waals surface area contributed by atoms with Crippen LogP contribution in [0.3, 0.4) is 0 Å². The van der Waals surface area contributed by atoms with Gasteiger partial charge in [-0.3, -0.25) is 29.0 Å². The summed E-state index contributed by atoms with van der Waals surface area (Å²) < 4.78 is 0. The molecule has 0 aliphatic carbocycles. The molecule has 0 radical (unpaired) electrons. The Morgan fingerprint density at radius 1 is 1.02 bits per heavy atom. The number of carbonyl (C=O) groups excluding carboxylic acids is 5. The smallest absolute Gasteiger partial charge is 0.256 e. The zero-order valence-corrected chi connectivity index (χ0v) is 23.4. The van der Waals surface area contributed by atoms with Crippen molar-refractivity contribution in [2.45, 2.75) is 51.7 Å². The molecule has 2 aromatic rings. The third kappa shape index (κ3) is 8.11. The summed E-state index contributed by atoms with van der Waals surface area (Å²) in [6.07, 6.45) is 3.61. The van der Waals surface area contributed by atoms with Crippen LogP contribution in [0.4, 0.5) is 0 Å². The van der Waals surface area contributed by atoms with E-state index < -0.39 is 35.8 Å². The third-order valence-electron chi connectivity index (χ3n) is 6.81. The van der Waals surface area contributed by atoms with Gasteiger partial charge in [-0.25, -0.2) is 0 Å². The largest absolute Gasteiger partial charge is 0.354 e. The van der Waals surface area contributed by atoms with Crippen molar-refractivity contribution in [1.82, 2.24) is 30.7 Å². The second kappa shape index (κ2) is 14.2. The van der Waals surface area contributed by atoms with Gasteiger partial charge in [0.15, 0.2) is 0 Å². The standard InChI is InChI=1S/C29H38N6O5/c1-19(2)25-29(40)34(4)18-24(36)32-23(16-21-10-6-5-7-11-21)27(38)31-14-9-15-35(20(3)26(37)33-25)28(39)22-12-8-13-30-17-22/h5-8,10-13,17,19-20,23,25H,9,14-16,18H2,1-4H3,(H,31,38)(H,32,36)(H,33,37)/t20-,23+,25+/m1/s1. The van der Waals surface area contributed by atoms with Crippen LogP contribution in [0.2, 0.25) is 0 Å². The summed E-state index contributed by atoms with van der Waals surface area (Å²) in [5.74, 6) is -2.49. The summed E-state index contributed by atoms with van der Waals surface area (Å²) in [7, 11) is 1.47. The lowest BCUT2D eigenvalue weighted by molar-refractivity contribution is -0.140. The van der Waals surface area contributed by atoms with E-state index in [-0.39, 0.29) is 43.8 Å². The maximum absolute atomic E-state index is 13.4. The summed E-state index contributed by atoms with van der Waals surface area (Å²) in [6.45, 7) is 5.27. The highest BCUT2D eigenvalue weighted by molar-refractivity contribution is 5.98. The molecule has 5 amide bonds. The molecule has 3 rings (SSSR count). The van der Waals surface area contributed by atoms with Crippen molar-refractivity contribution < 1.29 is 24.0 Å². The van der Waals surface area contributed by atoms with Crippen molar-refractivity contribution in [1.29, 1.82) is 0 Å². The SMILES string of the molecule is CC(C)[C@@H]1NC(=O)[C@@H](C)N(C(=O)c2cccnc2)CCCNC(=O)[C@H](Cc2ccccc2)NC(=O)CN(C)C1=O. The van der Waals surface area contributed by atoms with Crippen LogP contribution in [0.25, 0.3) is 0 Å². The third-order valence-corrected chi connectivity index (χ3v) is 6.81. The lowest BCUT2D eigenvalue weighted by atomic mass is 10.0. The van der Waals surface area contributed by atoms with E-state index in [0.717, 1.165) is 5.56 Å². The highest BCUT2D eigenvalue weighted by atomic mass is 16.2. The van der Waals surface area contributed by atoms with Gasteiger partial charge in [-0.05, 0) is 37.0 Å². The molecule has 11 nitrogen and oxygen atoms in total. The Balaban J connectivity index is 1.89. The average Bonchev–Trinajstić information content (AvgIpc) is 2.94. The Morgan fingerprint density at radius 2 is 1.75 bits per heavy atom. The van der Waals surface area contributed by atoms with Gasteiger partial charge in [0.05, 0.1) is 12.1 Å². The van der Waals surface area contributed by atoms with Crippen molar-refractivity contribution in [3.8, 4) is 0 Å². The molecule has 1 saturated heterocycles. The van der Waals surface area contributed by atoms with Crippen molar-refractivity contribution in [2.75, 3.05) is 26.7 Å². The van der Waals surface area contributed by atoms with Gasteiger partial charge in [-0.1, -0.05) is 44.2 Å². The molecule has 3 N–H and O–H groups in total. The van der Waals surface area contributed by atoms with Gasteiger partial charge in [0.1, 0.15) is 18.1 Å². The van der Waals surface area contributed by atoms with Crippen LogP contribution in [0.5, 0.6) is 0 Å². The highest BCUT2D eigenvalue weighted by Crippen LogP contribution is 2.12. The molecule has 0 bridgehead atoms. The van der Waals surface area contributed by atoms with Gasteiger partial charge in [-0.15, -0.1) is 0 Å². The number of hydrogen-bond acceptors (Lipinski definition) is 6. The molecule has 40 heavy (non-hydrogen) atoms. The van der Waals surface area contributed by atoms with Gasteiger partial charge in [0.25, 0.3) is 5.91 Å². The van der Waals surface area contributed by atoms with E-state index in [4.69, 9.17) is 0 Å². The minimum absolute atomic E-state index is 0.165. The van der Waals surface area contributed by atoms with Crippen LogP contribution >= 0.6 is 0 Å². The first-order valence-corrected chi connectivity index (χ1v) is 13.5. The van der Waals surface area contributed by atoms with Gasteiger partial charge >= 0.3 is 0 Å². The Hall–Kier alpha value is -4.28. The van der Waals surface area contributed by atoms with Crippen molar-refractivity contribution in [2.24, 2.45) is 5.92 Å². The summed E-state index contributed by atoms with van der Waals surface area (Å²) in [5, 5.41) is 8.38. The number of pyridine rings is 1. The average molecular weight is 551 g/mol. The van der Waals surface area contributed by atoms with Gasteiger partial charge < -0.3 is 25.8 Å². The molecule has 1 aromatic carbocycles. The lowest BCUT2D eigenvalue weighted by Gasteiger charge is -2.32. The van der Waals surface area contributed by atoms with Crippen molar-refractivity contribution in [3.63, 3.8) is 0 Å². The molecule has 1 aromatic heterocycles. The van der Waals surface area contributed by atoms with Crippen molar-refractivity contribution >= 4 is 29.5 Å². The first-order valence-electron chi connectivity index (χ1n) is 13.5. The minimum Gasteiger partial charge on any atom is -0.354 e. The minimum atomic E-state index is -0.917. The topological polar surface area (TPSA) is 141 Å². The van der Waals surface area contributed by atoms with E-state index in [2.05, 4.69) is 20.9 Å². The van der Waals surface area contributed by atoms with Crippen LogP contribution in [-0.2, 0) is 25.6 Å². The summed E-state index contributed by atoms with van der Waals surface area (Å²) in [6, 6.07) is 9.87. The van der Waals surface area contributed by atoms with E-state index in [0.29, 0.717) is 12.0 Å². The number of rotatable bonds is 4. The first kappa shape index (κ1) is 30.3. The monoisotopic (exact) mass is 550 g/mol. The predicted octanol–water partition coefficient (Wildman–Crippen LogP) is 0.759. The van der Waals surface area contributed by atoms with Gasteiger partial charge in [0, 0.05) is 39.0 Å². The maximum Gasteiger partial charge on any atom is 0.256 e. The molecule has 1 aliphatic heterocycles. The van der Waals surface area contributed by atoms with Crippen LogP contribution in [0.15, 0.2) is 54.9 Å². The number of carbonyl (C=O) groups is 5. The molecule has 1 fully saturated rings. The normalized spacial score (nSPS) is 22.0. The number of nitrogens with zero attached hydrogens (tertiary/aromatic N) is 3. The van der Waals surface area contributed by atoms with E-state index in [1.165, 1.54) is 23.0 Å². The molecular formula is C29H38N6O5. The highest BCUT2D eigenvalue weighted by Gasteiger charge is 2.33. The number of nitrogens with one attached hydrogen (secondary N) is 3. The Bertz CT molecular complexity index is 1190. The molecule has 2 heterocycles. The van der Waals surface area contributed by atoms with E-state index in [1.54, 1.807) is 39.1 Å². The zero-order valence-electron chi connectivity index (χ0n) is 23.4. The fourth-order valence-corrected chi connectivity index (χ4v) is 4.47. The Kier molecular flexibility index (Phi) is 10.7. The molecule has 0 unspecified atom stereocenters. The molecule has 214 valence electrons. The number of likely N-dealkylation sites (N-methyl/N-ethyl adjacent to an activating group) is 1. The van der Waals surface area contributed by atoms with Crippen molar-refractivity contribution in [3.05, 3.63) is 66.0 Å². The maximum atomic E-state index is 13.4. The van der Waals surface area contributed by atoms with E-state index in [1.807, 2.05) is 30.3 Å². The molecule has 0 saturated carbocycles. The molecule has 1 aliphatic rings. The van der Waals surface area contributed by atoms with Gasteiger partial charge in [-0.2, -0.15) is 0 Å². The van der Waals surface area contributed by atoms with Crippen LogP contribution in [-0.4, -0.2) is 89.1 Å². The molecule has 3 atom stereocenters. The fraction of sp³-hybridized carbons (Fsp3) is 0.448. The molecule has 11 heteroatoms.